The van der Waals surface area contributed by atoms with Crippen molar-refractivity contribution in [3.05, 3.63) is 28.8 Å². The van der Waals surface area contributed by atoms with E-state index >= 15 is 0 Å². The summed E-state index contributed by atoms with van der Waals surface area (Å²) in [5.74, 6) is 1.01. The van der Waals surface area contributed by atoms with E-state index in [1.165, 1.54) is 6.42 Å². The SMILES string of the molecule is CCOc1ccc(Cl)cc1C(=O)C1CCCCC1. The van der Waals surface area contributed by atoms with E-state index in [4.69, 9.17) is 16.3 Å². The van der Waals surface area contributed by atoms with Gasteiger partial charge in [-0.3, -0.25) is 4.79 Å². The molecule has 0 N–H and O–H groups in total. The molecular weight excluding hydrogens is 248 g/mol. The summed E-state index contributed by atoms with van der Waals surface area (Å²) in [7, 11) is 0. The van der Waals surface area contributed by atoms with Crippen LogP contribution >= 0.6 is 11.6 Å². The van der Waals surface area contributed by atoms with Gasteiger partial charge in [0.15, 0.2) is 5.78 Å². The lowest BCUT2D eigenvalue weighted by molar-refractivity contribution is 0.0885. The smallest absolute Gasteiger partial charge is 0.169 e. The molecule has 18 heavy (non-hydrogen) atoms. The third kappa shape index (κ3) is 3.05. The van der Waals surface area contributed by atoms with Crippen molar-refractivity contribution in [1.82, 2.24) is 0 Å². The Labute approximate surface area is 113 Å². The van der Waals surface area contributed by atoms with Gasteiger partial charge in [0.1, 0.15) is 5.75 Å². The van der Waals surface area contributed by atoms with Gasteiger partial charge in [0.25, 0.3) is 0 Å². The van der Waals surface area contributed by atoms with E-state index < -0.39 is 0 Å². The van der Waals surface area contributed by atoms with Crippen LogP contribution < -0.4 is 4.74 Å². The summed E-state index contributed by atoms with van der Waals surface area (Å²) < 4.78 is 5.52. The maximum Gasteiger partial charge on any atom is 0.169 e. The monoisotopic (exact) mass is 266 g/mol. The van der Waals surface area contributed by atoms with Crippen LogP contribution in [0.2, 0.25) is 5.02 Å². The maximum atomic E-state index is 12.5. The molecule has 3 heteroatoms. The number of carbonyl (C=O) groups is 1. The molecule has 0 spiro atoms. The van der Waals surface area contributed by atoms with Gasteiger partial charge in [-0.15, -0.1) is 0 Å². The number of ether oxygens (including phenoxy) is 1. The fourth-order valence-corrected chi connectivity index (χ4v) is 2.73. The minimum atomic E-state index is 0.149. The van der Waals surface area contributed by atoms with Gasteiger partial charge in [-0.25, -0.2) is 0 Å². The molecule has 0 heterocycles. The van der Waals surface area contributed by atoms with E-state index in [0.717, 1.165) is 25.7 Å². The van der Waals surface area contributed by atoms with Crippen LogP contribution in [0.3, 0.4) is 0 Å². The fraction of sp³-hybridized carbons (Fsp3) is 0.533. The van der Waals surface area contributed by atoms with Crippen LogP contribution in [0.1, 0.15) is 49.4 Å². The normalized spacial score (nSPS) is 16.6. The van der Waals surface area contributed by atoms with Crippen molar-refractivity contribution in [2.45, 2.75) is 39.0 Å². The summed E-state index contributed by atoms with van der Waals surface area (Å²) in [4.78, 5) is 12.5. The lowest BCUT2D eigenvalue weighted by Gasteiger charge is -2.21. The predicted octanol–water partition coefficient (Wildman–Crippen LogP) is 4.50. The Morgan fingerprint density at radius 3 is 2.72 bits per heavy atom. The molecule has 1 aliphatic rings. The molecule has 1 aliphatic carbocycles. The van der Waals surface area contributed by atoms with E-state index in [2.05, 4.69) is 0 Å². The zero-order chi connectivity index (χ0) is 13.0. The molecule has 1 saturated carbocycles. The Kier molecular flexibility index (Phi) is 4.65. The van der Waals surface area contributed by atoms with Gasteiger partial charge >= 0.3 is 0 Å². The first kappa shape index (κ1) is 13.4. The lowest BCUT2D eigenvalue weighted by atomic mass is 9.83. The summed E-state index contributed by atoms with van der Waals surface area (Å²) in [5.41, 5.74) is 0.649. The third-order valence-electron chi connectivity index (χ3n) is 3.48. The first-order valence-corrected chi connectivity index (χ1v) is 7.06. The second-order valence-electron chi connectivity index (χ2n) is 4.77. The van der Waals surface area contributed by atoms with Crippen molar-refractivity contribution in [2.24, 2.45) is 5.92 Å². The zero-order valence-electron chi connectivity index (χ0n) is 10.7. The van der Waals surface area contributed by atoms with Gasteiger partial charge in [0, 0.05) is 10.9 Å². The molecule has 1 aromatic carbocycles. The highest BCUT2D eigenvalue weighted by Crippen LogP contribution is 2.31. The number of rotatable bonds is 4. The van der Waals surface area contributed by atoms with Gasteiger partial charge < -0.3 is 4.74 Å². The van der Waals surface area contributed by atoms with Gasteiger partial charge in [-0.05, 0) is 38.0 Å². The van der Waals surface area contributed by atoms with Crippen molar-refractivity contribution < 1.29 is 9.53 Å². The molecule has 1 fully saturated rings. The van der Waals surface area contributed by atoms with Crippen LogP contribution in [0, 0.1) is 5.92 Å². The average molecular weight is 267 g/mol. The average Bonchev–Trinajstić information content (AvgIpc) is 2.41. The predicted molar refractivity (Wildman–Crippen MR) is 73.5 cm³/mol. The minimum Gasteiger partial charge on any atom is -0.493 e. The van der Waals surface area contributed by atoms with Gasteiger partial charge in [-0.2, -0.15) is 0 Å². The topological polar surface area (TPSA) is 26.3 Å². The molecule has 0 bridgehead atoms. The summed E-state index contributed by atoms with van der Waals surface area (Å²) in [6, 6.07) is 5.30. The molecule has 2 rings (SSSR count). The summed E-state index contributed by atoms with van der Waals surface area (Å²) in [6.07, 6.45) is 5.55. The minimum absolute atomic E-state index is 0.149. The maximum absolute atomic E-state index is 12.5. The molecule has 1 aromatic rings. The summed E-state index contributed by atoms with van der Waals surface area (Å²) >= 11 is 5.99. The molecule has 0 radical (unpaired) electrons. The van der Waals surface area contributed by atoms with Crippen LogP contribution in [0.4, 0.5) is 0 Å². The number of benzene rings is 1. The highest BCUT2D eigenvalue weighted by atomic mass is 35.5. The number of hydrogen-bond donors (Lipinski definition) is 0. The largest absolute Gasteiger partial charge is 0.493 e. The Hall–Kier alpha value is -1.02. The molecule has 2 nitrogen and oxygen atoms in total. The van der Waals surface area contributed by atoms with Crippen molar-refractivity contribution >= 4 is 17.4 Å². The van der Waals surface area contributed by atoms with Crippen LogP contribution in [-0.2, 0) is 0 Å². The van der Waals surface area contributed by atoms with Crippen molar-refractivity contribution in [1.29, 1.82) is 0 Å². The molecule has 98 valence electrons. The molecule has 0 amide bonds. The molecule has 0 saturated heterocycles. The first-order chi connectivity index (χ1) is 8.72. The Morgan fingerprint density at radius 2 is 2.06 bits per heavy atom. The number of halogens is 1. The van der Waals surface area contributed by atoms with Gasteiger partial charge in [0.05, 0.1) is 12.2 Å². The standard InChI is InChI=1S/C15H19ClO2/c1-2-18-14-9-8-12(16)10-13(14)15(17)11-6-4-3-5-7-11/h8-11H,2-7H2,1H3. The van der Waals surface area contributed by atoms with Crippen LogP contribution in [-0.4, -0.2) is 12.4 Å². The Balaban J connectivity index is 2.24. The molecule has 0 aliphatic heterocycles. The second-order valence-corrected chi connectivity index (χ2v) is 5.21. The highest BCUT2D eigenvalue weighted by molar-refractivity contribution is 6.31. The molecule has 0 unspecified atom stereocenters. The van der Waals surface area contributed by atoms with Gasteiger partial charge in [0.2, 0.25) is 0 Å². The Morgan fingerprint density at radius 1 is 1.33 bits per heavy atom. The summed E-state index contributed by atoms with van der Waals surface area (Å²) in [5, 5.41) is 0.595. The van der Waals surface area contributed by atoms with E-state index in [1.54, 1.807) is 18.2 Å². The van der Waals surface area contributed by atoms with E-state index in [9.17, 15) is 4.79 Å². The number of Topliss-reactive ketones (excluding diaryl/α,β-unsaturated/α-hetero) is 1. The molecular formula is C15H19ClO2. The third-order valence-corrected chi connectivity index (χ3v) is 3.72. The van der Waals surface area contributed by atoms with Crippen LogP contribution in [0.25, 0.3) is 0 Å². The van der Waals surface area contributed by atoms with Crippen molar-refractivity contribution in [2.75, 3.05) is 6.61 Å². The van der Waals surface area contributed by atoms with Crippen molar-refractivity contribution in [3.63, 3.8) is 0 Å². The summed E-state index contributed by atoms with van der Waals surface area (Å²) in [6.45, 7) is 2.48. The second kappa shape index (κ2) is 6.24. The van der Waals surface area contributed by atoms with Crippen LogP contribution in [0.5, 0.6) is 5.75 Å². The van der Waals surface area contributed by atoms with E-state index in [-0.39, 0.29) is 11.7 Å². The van der Waals surface area contributed by atoms with E-state index in [0.29, 0.717) is 22.9 Å². The van der Waals surface area contributed by atoms with Crippen LogP contribution in [0.15, 0.2) is 18.2 Å². The lowest BCUT2D eigenvalue weighted by Crippen LogP contribution is -2.18. The fourth-order valence-electron chi connectivity index (χ4n) is 2.56. The molecule has 0 aromatic heterocycles. The number of ketones is 1. The molecule has 0 atom stereocenters. The zero-order valence-corrected chi connectivity index (χ0v) is 11.5. The number of carbonyl (C=O) groups excluding carboxylic acids is 1. The highest BCUT2D eigenvalue weighted by Gasteiger charge is 2.24. The number of hydrogen-bond acceptors (Lipinski definition) is 2. The van der Waals surface area contributed by atoms with E-state index in [1.807, 2.05) is 6.92 Å². The first-order valence-electron chi connectivity index (χ1n) is 6.69. The Bertz CT molecular complexity index is 423. The van der Waals surface area contributed by atoms with Crippen molar-refractivity contribution in [3.8, 4) is 5.75 Å². The quantitative estimate of drug-likeness (QED) is 0.750. The van der Waals surface area contributed by atoms with Gasteiger partial charge in [-0.1, -0.05) is 30.9 Å².